The Balaban J connectivity index is 4.87. The van der Waals surface area contributed by atoms with Gasteiger partial charge in [0.05, 0.1) is 0 Å². The predicted octanol–water partition coefficient (Wildman–Crippen LogP) is 1.43. The fraction of sp³-hybridized carbons (Fsp3) is 0. The minimum atomic E-state index is -1.72. The summed E-state index contributed by atoms with van der Waals surface area (Å²) in [5.74, 6) is 0. The first-order chi connectivity index (χ1) is 5.00. The lowest BCUT2D eigenvalue weighted by Gasteiger charge is -2.03. The summed E-state index contributed by atoms with van der Waals surface area (Å²) in [6.45, 7) is 6.64. The molecular weight excluding hydrogens is 186 g/mol. The van der Waals surface area contributed by atoms with Crippen molar-refractivity contribution in [2.75, 3.05) is 0 Å². The minimum Gasteiger partial charge on any atom is -0.423 e. The zero-order chi connectivity index (χ0) is 9.02. The average Bonchev–Trinajstić information content (AvgIpc) is 1.85. The van der Waals surface area contributed by atoms with Crippen molar-refractivity contribution >= 4 is 30.3 Å². The Hall–Kier alpha value is -0.215. The zero-order valence-electron chi connectivity index (χ0n) is 5.72. The molecule has 60 valence electrons. The Kier molecular flexibility index (Phi) is 4.53. The third kappa shape index (κ3) is 3.12. The van der Waals surface area contributed by atoms with Gasteiger partial charge in [0.15, 0.2) is 0 Å². The summed E-state index contributed by atoms with van der Waals surface area (Å²) in [5, 5.41) is 17.5. The lowest BCUT2D eigenvalue weighted by atomic mass is 9.79. The van der Waals surface area contributed by atoms with Crippen molar-refractivity contribution < 1.29 is 10.0 Å². The number of allylic oxidation sites excluding steroid dienone is 4. The molecule has 0 aromatic heterocycles. The molecule has 0 atom stereocenters. The molecule has 0 amide bonds. The highest BCUT2D eigenvalue weighted by atomic mass is 35.5. The van der Waals surface area contributed by atoms with Crippen LogP contribution in [0.3, 0.4) is 0 Å². The second-order valence-electron chi connectivity index (χ2n) is 1.74. The maximum absolute atomic E-state index is 8.70. The largest absolute Gasteiger partial charge is 0.491 e. The van der Waals surface area contributed by atoms with Crippen LogP contribution in [0.25, 0.3) is 0 Å². The van der Waals surface area contributed by atoms with E-state index in [0.717, 1.165) is 0 Å². The normalized spacial score (nSPS) is 12.0. The number of halogens is 2. The highest BCUT2D eigenvalue weighted by Gasteiger charge is 2.19. The lowest BCUT2D eigenvalue weighted by Crippen LogP contribution is -2.16. The van der Waals surface area contributed by atoms with E-state index >= 15 is 0 Å². The van der Waals surface area contributed by atoms with E-state index in [9.17, 15) is 0 Å². The van der Waals surface area contributed by atoms with Crippen molar-refractivity contribution in [2.45, 2.75) is 0 Å². The highest BCUT2D eigenvalue weighted by molar-refractivity contribution is 6.59. The molecule has 2 nitrogen and oxygen atoms in total. The van der Waals surface area contributed by atoms with Crippen molar-refractivity contribution in [3.63, 3.8) is 0 Å². The Morgan fingerprint density at radius 1 is 1.36 bits per heavy atom. The fourth-order valence-corrected chi connectivity index (χ4v) is 0.962. The van der Waals surface area contributed by atoms with Crippen LogP contribution in [0.4, 0.5) is 0 Å². The SMILES string of the molecule is C=C/C(Cl)=C(/B(O)O)C(=C)Cl. The molecule has 0 bridgehead atoms. The van der Waals surface area contributed by atoms with Gasteiger partial charge >= 0.3 is 7.12 Å². The van der Waals surface area contributed by atoms with Gasteiger partial charge in [0.25, 0.3) is 0 Å². The Labute approximate surface area is 75.6 Å². The van der Waals surface area contributed by atoms with Crippen molar-refractivity contribution in [3.8, 4) is 0 Å². The second kappa shape index (κ2) is 4.62. The molecule has 0 saturated heterocycles. The van der Waals surface area contributed by atoms with Crippen molar-refractivity contribution in [3.05, 3.63) is 34.8 Å². The Morgan fingerprint density at radius 3 is 1.91 bits per heavy atom. The van der Waals surface area contributed by atoms with Gasteiger partial charge < -0.3 is 10.0 Å². The van der Waals surface area contributed by atoms with Crippen LogP contribution in [0.1, 0.15) is 0 Å². The molecule has 5 heteroatoms. The van der Waals surface area contributed by atoms with Gasteiger partial charge in [-0.25, -0.2) is 0 Å². The quantitative estimate of drug-likeness (QED) is 0.525. The maximum atomic E-state index is 8.70. The average molecular weight is 193 g/mol. The maximum Gasteiger partial charge on any atom is 0.491 e. The molecule has 0 saturated carbocycles. The molecule has 0 rings (SSSR count). The van der Waals surface area contributed by atoms with E-state index in [4.69, 9.17) is 33.2 Å². The smallest absolute Gasteiger partial charge is 0.423 e. The summed E-state index contributed by atoms with van der Waals surface area (Å²) >= 11 is 10.9. The minimum absolute atomic E-state index is 0.00935. The van der Waals surface area contributed by atoms with E-state index in [-0.39, 0.29) is 15.5 Å². The molecule has 0 fully saturated rings. The predicted molar refractivity (Wildman–Crippen MR) is 48.3 cm³/mol. The van der Waals surface area contributed by atoms with Crippen molar-refractivity contribution in [1.29, 1.82) is 0 Å². The van der Waals surface area contributed by atoms with E-state index in [1.807, 2.05) is 0 Å². The van der Waals surface area contributed by atoms with Crippen LogP contribution >= 0.6 is 23.2 Å². The number of rotatable bonds is 3. The van der Waals surface area contributed by atoms with Gasteiger partial charge in [-0.3, -0.25) is 0 Å². The summed E-state index contributed by atoms with van der Waals surface area (Å²) in [4.78, 5) is 0. The molecular formula is C6H7BCl2O2. The molecule has 0 aliphatic rings. The van der Waals surface area contributed by atoms with Crippen LogP contribution in [-0.2, 0) is 0 Å². The van der Waals surface area contributed by atoms with Gasteiger partial charge in [0.1, 0.15) is 0 Å². The first-order valence-electron chi connectivity index (χ1n) is 2.73. The van der Waals surface area contributed by atoms with Crippen LogP contribution in [0, 0.1) is 0 Å². The van der Waals surface area contributed by atoms with E-state index in [2.05, 4.69) is 13.2 Å². The van der Waals surface area contributed by atoms with Crippen LogP contribution < -0.4 is 0 Å². The van der Waals surface area contributed by atoms with Crippen LogP contribution in [0.5, 0.6) is 0 Å². The molecule has 11 heavy (non-hydrogen) atoms. The van der Waals surface area contributed by atoms with Gasteiger partial charge in [-0.2, -0.15) is 0 Å². The number of hydrogen-bond donors (Lipinski definition) is 2. The summed E-state index contributed by atoms with van der Waals surface area (Å²) < 4.78 is 0. The van der Waals surface area contributed by atoms with Gasteiger partial charge in [0.2, 0.25) is 0 Å². The van der Waals surface area contributed by atoms with Crippen LogP contribution in [0.15, 0.2) is 34.8 Å². The highest BCUT2D eigenvalue weighted by Crippen LogP contribution is 2.21. The molecule has 0 spiro atoms. The molecule has 0 aromatic rings. The molecule has 0 aromatic carbocycles. The van der Waals surface area contributed by atoms with E-state index in [1.54, 1.807) is 0 Å². The van der Waals surface area contributed by atoms with Crippen molar-refractivity contribution in [1.82, 2.24) is 0 Å². The molecule has 0 heterocycles. The zero-order valence-corrected chi connectivity index (χ0v) is 7.23. The summed E-state index contributed by atoms with van der Waals surface area (Å²) in [5.41, 5.74) is -0.0247. The van der Waals surface area contributed by atoms with E-state index in [1.165, 1.54) is 6.08 Å². The summed E-state index contributed by atoms with van der Waals surface area (Å²) in [6, 6.07) is 0. The summed E-state index contributed by atoms with van der Waals surface area (Å²) in [6.07, 6.45) is 1.25. The Morgan fingerprint density at radius 2 is 1.82 bits per heavy atom. The van der Waals surface area contributed by atoms with Gasteiger partial charge in [-0.05, 0) is 0 Å². The third-order valence-corrected chi connectivity index (χ3v) is 1.55. The molecule has 2 N–H and O–H groups in total. The Bertz CT molecular complexity index is 211. The molecule has 0 aliphatic carbocycles. The van der Waals surface area contributed by atoms with E-state index in [0.29, 0.717) is 0 Å². The standard InChI is InChI=1S/C6H7BCl2O2/c1-3-5(9)6(4(2)8)7(10)11/h3,10-11H,1-2H2/b6-5-. The fourth-order valence-electron chi connectivity index (χ4n) is 0.503. The van der Waals surface area contributed by atoms with Gasteiger partial charge in [-0.1, -0.05) is 42.4 Å². The van der Waals surface area contributed by atoms with Crippen LogP contribution in [-0.4, -0.2) is 17.2 Å². The molecule has 0 radical (unpaired) electrons. The van der Waals surface area contributed by atoms with Gasteiger partial charge in [-0.15, -0.1) is 0 Å². The summed E-state index contributed by atoms with van der Waals surface area (Å²) in [7, 11) is -1.72. The first kappa shape index (κ1) is 10.8. The van der Waals surface area contributed by atoms with Crippen molar-refractivity contribution in [2.24, 2.45) is 0 Å². The van der Waals surface area contributed by atoms with E-state index < -0.39 is 7.12 Å². The molecule has 0 aliphatic heterocycles. The molecule has 0 unspecified atom stereocenters. The monoisotopic (exact) mass is 192 g/mol. The first-order valence-corrected chi connectivity index (χ1v) is 3.49. The lowest BCUT2D eigenvalue weighted by molar-refractivity contribution is 0.420. The van der Waals surface area contributed by atoms with Crippen LogP contribution in [0.2, 0.25) is 0 Å². The number of hydrogen-bond acceptors (Lipinski definition) is 2. The topological polar surface area (TPSA) is 40.5 Å². The van der Waals surface area contributed by atoms with Gasteiger partial charge in [0, 0.05) is 15.5 Å². The second-order valence-corrected chi connectivity index (χ2v) is 2.61. The third-order valence-electron chi connectivity index (χ3n) is 0.987.